The van der Waals surface area contributed by atoms with Crippen molar-refractivity contribution in [3.63, 3.8) is 0 Å². The van der Waals surface area contributed by atoms with Gasteiger partial charge < -0.3 is 5.32 Å². The highest BCUT2D eigenvalue weighted by Crippen LogP contribution is 2.26. The van der Waals surface area contributed by atoms with Crippen LogP contribution in [0.25, 0.3) is 0 Å². The third-order valence-corrected chi connectivity index (χ3v) is 3.99. The number of hydrogen-bond acceptors (Lipinski definition) is 2. The second-order valence-corrected chi connectivity index (χ2v) is 5.44. The Hall–Kier alpha value is -1.89. The van der Waals surface area contributed by atoms with Crippen LogP contribution >= 0.6 is 0 Å². The summed E-state index contributed by atoms with van der Waals surface area (Å²) in [6, 6.07) is 5.83. The van der Waals surface area contributed by atoms with E-state index in [2.05, 4.69) is 11.4 Å². The molecule has 1 aliphatic carbocycles. The average Bonchev–Trinajstić information content (AvgIpc) is 2.48. The first-order valence-electron chi connectivity index (χ1n) is 7.08. The second-order valence-electron chi connectivity index (χ2n) is 5.44. The summed E-state index contributed by atoms with van der Waals surface area (Å²) in [4.78, 5) is 12.2. The zero-order valence-corrected chi connectivity index (χ0v) is 11.7. The molecule has 1 saturated carbocycles. The smallest absolute Gasteiger partial charge is 0.252 e. The Labute approximate surface area is 118 Å². The van der Waals surface area contributed by atoms with Crippen molar-refractivity contribution in [1.29, 1.82) is 5.26 Å². The van der Waals surface area contributed by atoms with Gasteiger partial charge in [-0.25, -0.2) is 4.39 Å². The molecule has 2 rings (SSSR count). The van der Waals surface area contributed by atoms with Gasteiger partial charge in [0, 0.05) is 5.56 Å². The third-order valence-electron chi connectivity index (χ3n) is 3.99. The lowest BCUT2D eigenvalue weighted by molar-refractivity contribution is 0.0928. The summed E-state index contributed by atoms with van der Waals surface area (Å²) in [6.45, 7) is 1.76. The van der Waals surface area contributed by atoms with Crippen LogP contribution in [0, 0.1) is 30.0 Å². The summed E-state index contributed by atoms with van der Waals surface area (Å²) < 4.78 is 13.2. The molecule has 106 valence electrons. The molecule has 1 amide bonds. The minimum absolute atomic E-state index is 0.214. The van der Waals surface area contributed by atoms with E-state index in [1.54, 1.807) is 13.0 Å². The van der Waals surface area contributed by atoms with E-state index in [0.717, 1.165) is 25.7 Å². The fourth-order valence-corrected chi connectivity index (χ4v) is 2.78. The van der Waals surface area contributed by atoms with Crippen molar-refractivity contribution in [2.45, 2.75) is 45.1 Å². The molecule has 1 aliphatic rings. The maximum Gasteiger partial charge on any atom is 0.252 e. The highest BCUT2D eigenvalue weighted by atomic mass is 19.1. The molecule has 0 bridgehead atoms. The predicted molar refractivity (Wildman–Crippen MR) is 74.6 cm³/mol. The number of amides is 1. The van der Waals surface area contributed by atoms with Gasteiger partial charge in [-0.3, -0.25) is 4.79 Å². The van der Waals surface area contributed by atoms with E-state index >= 15 is 0 Å². The maximum atomic E-state index is 13.2. The van der Waals surface area contributed by atoms with Crippen LogP contribution in [0.3, 0.4) is 0 Å². The van der Waals surface area contributed by atoms with Crippen molar-refractivity contribution in [1.82, 2.24) is 5.32 Å². The Morgan fingerprint density at radius 3 is 2.75 bits per heavy atom. The van der Waals surface area contributed by atoms with Crippen molar-refractivity contribution in [2.75, 3.05) is 0 Å². The third kappa shape index (κ3) is 3.36. The zero-order valence-electron chi connectivity index (χ0n) is 11.7. The zero-order chi connectivity index (χ0) is 14.5. The number of nitrogens with zero attached hydrogens (tertiary/aromatic N) is 1. The van der Waals surface area contributed by atoms with E-state index < -0.39 is 11.9 Å². The quantitative estimate of drug-likeness (QED) is 0.919. The highest BCUT2D eigenvalue weighted by molar-refractivity contribution is 5.96. The molecular weight excluding hydrogens is 255 g/mol. The van der Waals surface area contributed by atoms with Gasteiger partial charge in [0.25, 0.3) is 5.91 Å². The first kappa shape index (κ1) is 14.5. The predicted octanol–water partition coefficient (Wildman–Crippen LogP) is 3.34. The average molecular weight is 274 g/mol. The standard InChI is InChI=1S/C16H19FN2O/c1-11-7-8-13(17)9-14(11)16(20)19-15(10-18)12-5-3-2-4-6-12/h7-9,12,15H,2-6H2,1H3,(H,19,20). The lowest BCUT2D eigenvalue weighted by Gasteiger charge is -2.26. The summed E-state index contributed by atoms with van der Waals surface area (Å²) >= 11 is 0. The van der Waals surface area contributed by atoms with Gasteiger partial charge in [-0.05, 0) is 43.4 Å². The van der Waals surface area contributed by atoms with Gasteiger partial charge in [-0.1, -0.05) is 25.3 Å². The number of hydrogen-bond donors (Lipinski definition) is 1. The molecule has 1 aromatic carbocycles. The summed E-state index contributed by atoms with van der Waals surface area (Å²) in [5, 5.41) is 12.0. The molecule has 3 nitrogen and oxygen atoms in total. The fraction of sp³-hybridized carbons (Fsp3) is 0.500. The molecular formula is C16H19FN2O. The highest BCUT2D eigenvalue weighted by Gasteiger charge is 2.25. The lowest BCUT2D eigenvalue weighted by Crippen LogP contribution is -2.40. The summed E-state index contributed by atoms with van der Waals surface area (Å²) in [5.74, 6) is -0.586. The van der Waals surface area contributed by atoms with Crippen molar-refractivity contribution in [3.05, 3.63) is 35.1 Å². The van der Waals surface area contributed by atoms with Crippen LogP contribution in [0.4, 0.5) is 4.39 Å². The molecule has 1 aromatic rings. The van der Waals surface area contributed by atoms with E-state index in [9.17, 15) is 14.4 Å². The fourth-order valence-electron chi connectivity index (χ4n) is 2.78. The van der Waals surface area contributed by atoms with Crippen LogP contribution in [0.15, 0.2) is 18.2 Å². The molecule has 0 spiro atoms. The lowest BCUT2D eigenvalue weighted by atomic mass is 9.84. The second kappa shape index (κ2) is 6.51. The number of rotatable bonds is 3. The molecule has 1 unspecified atom stereocenters. The first-order chi connectivity index (χ1) is 9.61. The summed E-state index contributed by atoms with van der Waals surface area (Å²) in [7, 11) is 0. The SMILES string of the molecule is Cc1ccc(F)cc1C(=O)NC(C#N)C1CCCCC1. The Bertz CT molecular complexity index is 530. The normalized spacial score (nSPS) is 17.2. The van der Waals surface area contributed by atoms with Gasteiger partial charge in [0.05, 0.1) is 6.07 Å². The van der Waals surface area contributed by atoms with Crippen molar-refractivity contribution >= 4 is 5.91 Å². The number of nitrogens with one attached hydrogen (secondary N) is 1. The van der Waals surface area contributed by atoms with Crippen LogP contribution < -0.4 is 5.32 Å². The molecule has 1 N–H and O–H groups in total. The number of nitriles is 1. The van der Waals surface area contributed by atoms with Gasteiger partial charge in [-0.2, -0.15) is 5.26 Å². The molecule has 1 atom stereocenters. The van der Waals surface area contributed by atoms with Gasteiger partial charge >= 0.3 is 0 Å². The Balaban J connectivity index is 2.09. The number of carbonyl (C=O) groups is 1. The van der Waals surface area contributed by atoms with E-state index in [1.165, 1.54) is 18.6 Å². The van der Waals surface area contributed by atoms with E-state index in [1.807, 2.05) is 0 Å². The van der Waals surface area contributed by atoms with Crippen LogP contribution in [0.5, 0.6) is 0 Å². The Morgan fingerprint density at radius 1 is 1.40 bits per heavy atom. The van der Waals surface area contributed by atoms with Crippen LogP contribution in [0.1, 0.15) is 48.0 Å². The number of carbonyl (C=O) groups excluding carboxylic acids is 1. The van der Waals surface area contributed by atoms with Gasteiger partial charge in [0.15, 0.2) is 0 Å². The van der Waals surface area contributed by atoms with Crippen LogP contribution in [-0.2, 0) is 0 Å². The van der Waals surface area contributed by atoms with Crippen molar-refractivity contribution < 1.29 is 9.18 Å². The van der Waals surface area contributed by atoms with Gasteiger partial charge in [-0.15, -0.1) is 0 Å². The Morgan fingerprint density at radius 2 is 2.10 bits per heavy atom. The van der Waals surface area contributed by atoms with Gasteiger partial charge in [0.2, 0.25) is 0 Å². The van der Waals surface area contributed by atoms with Gasteiger partial charge in [0.1, 0.15) is 11.9 Å². The molecule has 0 aromatic heterocycles. The first-order valence-corrected chi connectivity index (χ1v) is 7.08. The van der Waals surface area contributed by atoms with E-state index in [-0.39, 0.29) is 11.8 Å². The maximum absolute atomic E-state index is 13.2. The number of aryl methyl sites for hydroxylation is 1. The van der Waals surface area contributed by atoms with E-state index in [4.69, 9.17) is 0 Å². The molecule has 0 heterocycles. The van der Waals surface area contributed by atoms with Crippen LogP contribution in [0.2, 0.25) is 0 Å². The minimum atomic E-state index is -0.481. The summed E-state index contributed by atoms with van der Waals surface area (Å²) in [6.07, 6.45) is 5.36. The monoisotopic (exact) mass is 274 g/mol. The molecule has 0 radical (unpaired) electrons. The topological polar surface area (TPSA) is 52.9 Å². The van der Waals surface area contributed by atoms with Crippen molar-refractivity contribution in [3.8, 4) is 6.07 Å². The largest absolute Gasteiger partial charge is 0.336 e. The van der Waals surface area contributed by atoms with Crippen LogP contribution in [-0.4, -0.2) is 11.9 Å². The molecule has 0 aliphatic heterocycles. The van der Waals surface area contributed by atoms with E-state index in [0.29, 0.717) is 11.1 Å². The molecule has 20 heavy (non-hydrogen) atoms. The summed E-state index contributed by atoms with van der Waals surface area (Å²) in [5.41, 5.74) is 1.02. The van der Waals surface area contributed by atoms with Crippen molar-refractivity contribution in [2.24, 2.45) is 5.92 Å². The molecule has 0 saturated heterocycles. The number of halogens is 1. The number of benzene rings is 1. The molecule has 4 heteroatoms. The Kier molecular flexibility index (Phi) is 4.73. The minimum Gasteiger partial charge on any atom is -0.336 e. The molecule has 1 fully saturated rings.